The molecule has 3 nitrogen and oxygen atoms in total. The van der Waals surface area contributed by atoms with Gasteiger partial charge in [-0.3, -0.25) is 0 Å². The Bertz CT molecular complexity index is 470. The van der Waals surface area contributed by atoms with E-state index in [1.807, 2.05) is 35.2 Å². The summed E-state index contributed by atoms with van der Waals surface area (Å²) < 4.78 is 5.79. The summed E-state index contributed by atoms with van der Waals surface area (Å²) in [6.07, 6.45) is 1.26. The van der Waals surface area contributed by atoms with E-state index in [4.69, 9.17) is 4.74 Å². The van der Waals surface area contributed by atoms with Gasteiger partial charge in [-0.15, -0.1) is 11.3 Å². The third kappa shape index (κ3) is 3.74. The molecule has 4 heteroatoms. The standard InChI is InChI=1S/C14H18N2OS/c1-3-11(2)17-14-6-4-5-12(7-14)15-8-13-9-18-10-16-13/h4-7,9-11,15H,3,8H2,1-2H3/t11-/m0/s1. The molecule has 0 fully saturated rings. The molecule has 2 aromatic rings. The molecule has 1 N–H and O–H groups in total. The summed E-state index contributed by atoms with van der Waals surface area (Å²) in [6, 6.07) is 8.05. The summed E-state index contributed by atoms with van der Waals surface area (Å²) in [6.45, 7) is 4.95. The van der Waals surface area contributed by atoms with Gasteiger partial charge in [0.25, 0.3) is 0 Å². The number of anilines is 1. The molecule has 18 heavy (non-hydrogen) atoms. The van der Waals surface area contributed by atoms with Crippen molar-refractivity contribution in [2.24, 2.45) is 0 Å². The highest BCUT2D eigenvalue weighted by molar-refractivity contribution is 7.07. The summed E-state index contributed by atoms with van der Waals surface area (Å²) >= 11 is 1.61. The number of rotatable bonds is 6. The van der Waals surface area contributed by atoms with Crippen LogP contribution in [0.1, 0.15) is 26.0 Å². The smallest absolute Gasteiger partial charge is 0.121 e. The van der Waals surface area contributed by atoms with E-state index in [1.54, 1.807) is 11.3 Å². The van der Waals surface area contributed by atoms with Gasteiger partial charge in [-0.1, -0.05) is 13.0 Å². The van der Waals surface area contributed by atoms with Crippen LogP contribution < -0.4 is 10.1 Å². The Labute approximate surface area is 112 Å². The average Bonchev–Trinajstić information content (AvgIpc) is 2.90. The number of hydrogen-bond acceptors (Lipinski definition) is 4. The zero-order valence-corrected chi connectivity index (χ0v) is 11.5. The molecule has 1 heterocycles. The number of ether oxygens (including phenoxy) is 1. The van der Waals surface area contributed by atoms with Crippen molar-refractivity contribution in [2.75, 3.05) is 5.32 Å². The first-order valence-corrected chi connectivity index (χ1v) is 7.10. The fraction of sp³-hybridized carbons (Fsp3) is 0.357. The lowest BCUT2D eigenvalue weighted by Gasteiger charge is -2.13. The van der Waals surface area contributed by atoms with Crippen molar-refractivity contribution in [1.29, 1.82) is 0 Å². The third-order valence-electron chi connectivity index (χ3n) is 2.70. The number of benzene rings is 1. The number of thiazole rings is 1. The third-order valence-corrected chi connectivity index (χ3v) is 3.34. The molecular weight excluding hydrogens is 244 g/mol. The Morgan fingerprint density at radius 3 is 3.06 bits per heavy atom. The largest absolute Gasteiger partial charge is 0.491 e. The minimum absolute atomic E-state index is 0.249. The van der Waals surface area contributed by atoms with Gasteiger partial charge in [0.15, 0.2) is 0 Å². The molecule has 96 valence electrons. The highest BCUT2D eigenvalue weighted by Crippen LogP contribution is 2.19. The molecular formula is C14H18N2OS. The van der Waals surface area contributed by atoms with Crippen LogP contribution in [0.25, 0.3) is 0 Å². The van der Waals surface area contributed by atoms with Gasteiger partial charge in [0, 0.05) is 17.1 Å². The normalized spacial score (nSPS) is 12.1. The van der Waals surface area contributed by atoms with E-state index < -0.39 is 0 Å². The number of hydrogen-bond donors (Lipinski definition) is 1. The molecule has 0 amide bonds. The van der Waals surface area contributed by atoms with Crippen LogP contribution in [0.4, 0.5) is 5.69 Å². The Hall–Kier alpha value is -1.55. The molecule has 1 aromatic heterocycles. The molecule has 0 aliphatic carbocycles. The van der Waals surface area contributed by atoms with E-state index in [2.05, 4.69) is 24.1 Å². The lowest BCUT2D eigenvalue weighted by molar-refractivity contribution is 0.217. The Balaban J connectivity index is 1.94. The average molecular weight is 262 g/mol. The summed E-state index contributed by atoms with van der Waals surface area (Å²) in [7, 11) is 0. The second-order valence-corrected chi connectivity index (χ2v) is 4.92. The lowest BCUT2D eigenvalue weighted by atomic mass is 10.2. The van der Waals surface area contributed by atoms with Gasteiger partial charge in [-0.2, -0.15) is 0 Å². The van der Waals surface area contributed by atoms with Crippen LogP contribution in [0.15, 0.2) is 35.2 Å². The van der Waals surface area contributed by atoms with Crippen LogP contribution >= 0.6 is 11.3 Å². The molecule has 0 aliphatic rings. The van der Waals surface area contributed by atoms with Crippen LogP contribution in [0.2, 0.25) is 0 Å². The minimum Gasteiger partial charge on any atom is -0.491 e. The molecule has 1 aromatic carbocycles. The molecule has 0 spiro atoms. The number of nitrogens with one attached hydrogen (secondary N) is 1. The van der Waals surface area contributed by atoms with Gasteiger partial charge in [-0.25, -0.2) is 4.98 Å². The molecule has 0 bridgehead atoms. The maximum absolute atomic E-state index is 5.79. The first-order valence-electron chi connectivity index (χ1n) is 6.15. The molecule has 1 atom stereocenters. The van der Waals surface area contributed by atoms with Crippen molar-refractivity contribution < 1.29 is 4.74 Å². The fourth-order valence-electron chi connectivity index (χ4n) is 1.51. The Morgan fingerprint density at radius 2 is 2.33 bits per heavy atom. The van der Waals surface area contributed by atoms with Crippen molar-refractivity contribution in [2.45, 2.75) is 32.9 Å². The van der Waals surface area contributed by atoms with Crippen molar-refractivity contribution in [3.05, 3.63) is 40.8 Å². The molecule has 0 radical (unpaired) electrons. The fourth-order valence-corrected chi connectivity index (χ4v) is 2.07. The number of aromatic nitrogens is 1. The quantitative estimate of drug-likeness (QED) is 0.856. The van der Waals surface area contributed by atoms with Crippen molar-refractivity contribution in [1.82, 2.24) is 4.98 Å². The van der Waals surface area contributed by atoms with E-state index in [-0.39, 0.29) is 6.10 Å². The van der Waals surface area contributed by atoms with Gasteiger partial charge in [-0.05, 0) is 25.5 Å². The monoisotopic (exact) mass is 262 g/mol. The number of nitrogens with zero attached hydrogens (tertiary/aromatic N) is 1. The SMILES string of the molecule is CC[C@H](C)Oc1cccc(NCc2cscn2)c1. The van der Waals surface area contributed by atoms with Gasteiger partial charge >= 0.3 is 0 Å². The maximum Gasteiger partial charge on any atom is 0.121 e. The first-order chi connectivity index (χ1) is 8.78. The zero-order valence-electron chi connectivity index (χ0n) is 10.7. The Morgan fingerprint density at radius 1 is 1.44 bits per heavy atom. The van der Waals surface area contributed by atoms with Crippen molar-refractivity contribution >= 4 is 17.0 Å². The predicted octanol–water partition coefficient (Wildman–Crippen LogP) is 3.93. The van der Waals surface area contributed by atoms with Crippen molar-refractivity contribution in [3.8, 4) is 5.75 Å². The highest BCUT2D eigenvalue weighted by Gasteiger charge is 2.02. The van der Waals surface area contributed by atoms with Gasteiger partial charge < -0.3 is 10.1 Å². The van der Waals surface area contributed by atoms with E-state index >= 15 is 0 Å². The van der Waals surface area contributed by atoms with Crippen LogP contribution in [0, 0.1) is 0 Å². The van der Waals surface area contributed by atoms with Gasteiger partial charge in [0.1, 0.15) is 5.75 Å². The van der Waals surface area contributed by atoms with Crippen LogP contribution in [0.3, 0.4) is 0 Å². The van der Waals surface area contributed by atoms with Gasteiger partial charge in [0.2, 0.25) is 0 Å². The zero-order chi connectivity index (χ0) is 12.8. The highest BCUT2D eigenvalue weighted by atomic mass is 32.1. The van der Waals surface area contributed by atoms with E-state index in [9.17, 15) is 0 Å². The second kappa shape index (κ2) is 6.40. The minimum atomic E-state index is 0.249. The lowest BCUT2D eigenvalue weighted by Crippen LogP contribution is -2.09. The van der Waals surface area contributed by atoms with Crippen LogP contribution in [-0.4, -0.2) is 11.1 Å². The summed E-state index contributed by atoms with van der Waals surface area (Å²) in [5, 5.41) is 5.39. The Kier molecular flexibility index (Phi) is 4.59. The summed E-state index contributed by atoms with van der Waals surface area (Å²) in [4.78, 5) is 4.24. The van der Waals surface area contributed by atoms with E-state index in [1.165, 1.54) is 0 Å². The maximum atomic E-state index is 5.79. The topological polar surface area (TPSA) is 34.1 Å². The molecule has 0 unspecified atom stereocenters. The first kappa shape index (κ1) is 12.9. The summed E-state index contributed by atoms with van der Waals surface area (Å²) in [5.41, 5.74) is 3.97. The van der Waals surface area contributed by atoms with Crippen LogP contribution in [-0.2, 0) is 6.54 Å². The predicted molar refractivity (Wildman–Crippen MR) is 76.3 cm³/mol. The van der Waals surface area contributed by atoms with Crippen LogP contribution in [0.5, 0.6) is 5.75 Å². The van der Waals surface area contributed by atoms with Crippen molar-refractivity contribution in [3.63, 3.8) is 0 Å². The summed E-state index contributed by atoms with van der Waals surface area (Å²) in [5.74, 6) is 0.910. The van der Waals surface area contributed by atoms with E-state index in [0.717, 1.165) is 30.1 Å². The van der Waals surface area contributed by atoms with E-state index in [0.29, 0.717) is 0 Å². The van der Waals surface area contributed by atoms with Gasteiger partial charge in [0.05, 0.1) is 23.9 Å². The molecule has 0 aliphatic heterocycles. The molecule has 2 rings (SSSR count). The molecule has 0 saturated carbocycles. The second-order valence-electron chi connectivity index (χ2n) is 4.20. The molecule has 0 saturated heterocycles.